The van der Waals surface area contributed by atoms with Crippen LogP contribution in [0, 0.1) is 0 Å². The monoisotopic (exact) mass is 326 g/mol. The van der Waals surface area contributed by atoms with Gasteiger partial charge in [0.1, 0.15) is 0 Å². The summed E-state index contributed by atoms with van der Waals surface area (Å²) >= 11 is 6.18. The Morgan fingerprint density at radius 3 is 2.39 bits per heavy atom. The number of carbonyl (C=O) groups is 3. The highest BCUT2D eigenvalue weighted by Crippen LogP contribution is 2.30. The average molecular weight is 327 g/mol. The van der Waals surface area contributed by atoms with Crippen molar-refractivity contribution < 1.29 is 19.5 Å². The molecule has 0 radical (unpaired) electrons. The van der Waals surface area contributed by atoms with Gasteiger partial charge in [0.15, 0.2) is 5.78 Å². The second-order valence-corrected chi connectivity index (χ2v) is 5.57. The summed E-state index contributed by atoms with van der Waals surface area (Å²) in [4.78, 5) is 33.7. The van der Waals surface area contributed by atoms with Crippen LogP contribution in [0.25, 0.3) is 21.5 Å². The molecule has 3 rings (SSSR count). The number of Topliss-reactive ketones (excluding diaryl/α,β-unsaturated/α-hetero) is 2. The molecule has 23 heavy (non-hydrogen) atoms. The molecule has 3 aromatic rings. The molecule has 0 unspecified atom stereocenters. The minimum atomic E-state index is -1.60. The van der Waals surface area contributed by atoms with Gasteiger partial charge in [0.05, 0.1) is 6.42 Å². The number of aliphatic carboxylic acids is 1. The summed E-state index contributed by atoms with van der Waals surface area (Å²) in [5.41, 5.74) is 0.313. The molecule has 0 amide bonds. The molecule has 0 aliphatic rings. The standard InChI is InChI=1S/C18H11ClO4/c19-15-3-1-2-13-12-6-5-11(8-10(12)4-7-14(13)15)16(20)9-17(21)18(22)23/h1-8H,9H2,(H,22,23). The molecular formula is C18H11ClO4. The van der Waals surface area contributed by atoms with E-state index in [0.717, 1.165) is 21.5 Å². The summed E-state index contributed by atoms with van der Waals surface area (Å²) in [6, 6.07) is 14.4. The largest absolute Gasteiger partial charge is 0.475 e. The number of ketones is 2. The van der Waals surface area contributed by atoms with Gasteiger partial charge in [-0.15, -0.1) is 0 Å². The van der Waals surface area contributed by atoms with Gasteiger partial charge in [0.25, 0.3) is 0 Å². The van der Waals surface area contributed by atoms with Crippen molar-refractivity contribution in [2.24, 2.45) is 0 Å². The summed E-state index contributed by atoms with van der Waals surface area (Å²) in [5.74, 6) is -3.22. The van der Waals surface area contributed by atoms with E-state index in [4.69, 9.17) is 16.7 Å². The topological polar surface area (TPSA) is 71.4 Å². The van der Waals surface area contributed by atoms with E-state index in [-0.39, 0.29) is 0 Å². The van der Waals surface area contributed by atoms with Crippen LogP contribution < -0.4 is 0 Å². The van der Waals surface area contributed by atoms with Gasteiger partial charge in [-0.05, 0) is 28.3 Å². The van der Waals surface area contributed by atoms with E-state index in [1.807, 2.05) is 30.3 Å². The van der Waals surface area contributed by atoms with Crippen molar-refractivity contribution in [3.05, 3.63) is 59.1 Å². The molecule has 1 N–H and O–H groups in total. The zero-order valence-electron chi connectivity index (χ0n) is 11.9. The number of carboxylic acid groups (broad SMARTS) is 1. The van der Waals surface area contributed by atoms with Crippen LogP contribution in [0.4, 0.5) is 0 Å². The van der Waals surface area contributed by atoms with Gasteiger partial charge in [-0.25, -0.2) is 4.79 Å². The molecule has 3 aromatic carbocycles. The molecule has 0 aromatic heterocycles. The van der Waals surface area contributed by atoms with Gasteiger partial charge >= 0.3 is 5.97 Å². The number of carboxylic acids is 1. The van der Waals surface area contributed by atoms with E-state index in [1.165, 1.54) is 0 Å². The predicted octanol–water partition coefficient (Wildman–Crippen LogP) is 3.87. The quantitative estimate of drug-likeness (QED) is 0.342. The maximum Gasteiger partial charge on any atom is 0.372 e. The molecule has 0 aliphatic carbocycles. The van der Waals surface area contributed by atoms with Crippen LogP contribution in [-0.4, -0.2) is 22.6 Å². The van der Waals surface area contributed by atoms with Gasteiger partial charge in [-0.1, -0.05) is 48.0 Å². The maximum atomic E-state index is 12.0. The summed E-state index contributed by atoms with van der Waals surface area (Å²) in [6.07, 6.45) is -0.639. The molecule has 0 heterocycles. The first-order chi connectivity index (χ1) is 11.0. The van der Waals surface area contributed by atoms with E-state index < -0.39 is 24.0 Å². The van der Waals surface area contributed by atoms with Crippen molar-refractivity contribution in [1.29, 1.82) is 0 Å². The molecule has 4 nitrogen and oxygen atoms in total. The molecule has 5 heteroatoms. The van der Waals surface area contributed by atoms with Crippen molar-refractivity contribution >= 4 is 50.7 Å². The molecule has 0 fully saturated rings. The molecular weight excluding hydrogens is 316 g/mol. The third kappa shape index (κ3) is 2.81. The summed E-state index contributed by atoms with van der Waals surface area (Å²) in [7, 11) is 0. The first-order valence-electron chi connectivity index (χ1n) is 6.87. The van der Waals surface area contributed by atoms with Crippen LogP contribution in [0.5, 0.6) is 0 Å². The maximum absolute atomic E-state index is 12.0. The molecule has 0 saturated carbocycles. The zero-order chi connectivity index (χ0) is 16.6. The van der Waals surface area contributed by atoms with Gasteiger partial charge in [0.2, 0.25) is 5.78 Å². The van der Waals surface area contributed by atoms with Gasteiger partial charge < -0.3 is 5.11 Å². The summed E-state index contributed by atoms with van der Waals surface area (Å²) < 4.78 is 0. The van der Waals surface area contributed by atoms with Crippen molar-refractivity contribution in [2.75, 3.05) is 0 Å². The van der Waals surface area contributed by atoms with Crippen molar-refractivity contribution in [3.8, 4) is 0 Å². The number of hydrogen-bond acceptors (Lipinski definition) is 3. The van der Waals surface area contributed by atoms with Crippen LogP contribution >= 0.6 is 11.6 Å². The highest BCUT2D eigenvalue weighted by Gasteiger charge is 2.18. The first-order valence-corrected chi connectivity index (χ1v) is 7.25. The fourth-order valence-electron chi connectivity index (χ4n) is 2.56. The summed E-state index contributed by atoms with van der Waals surface area (Å²) in [6.45, 7) is 0. The van der Waals surface area contributed by atoms with E-state index in [1.54, 1.807) is 18.2 Å². The first kappa shape index (κ1) is 15.2. The smallest absolute Gasteiger partial charge is 0.372 e. The number of hydrogen-bond donors (Lipinski definition) is 1. The Morgan fingerprint density at radius 2 is 1.65 bits per heavy atom. The molecule has 0 spiro atoms. The minimum absolute atomic E-state index is 0.313. The Balaban J connectivity index is 2.06. The van der Waals surface area contributed by atoms with E-state index >= 15 is 0 Å². The fraction of sp³-hybridized carbons (Fsp3) is 0.0556. The lowest BCUT2D eigenvalue weighted by Gasteiger charge is -2.07. The van der Waals surface area contributed by atoms with Gasteiger partial charge in [0, 0.05) is 16.0 Å². The van der Waals surface area contributed by atoms with E-state index in [2.05, 4.69) is 0 Å². The van der Waals surface area contributed by atoms with E-state index in [9.17, 15) is 14.4 Å². The number of benzene rings is 3. The highest BCUT2D eigenvalue weighted by atomic mass is 35.5. The highest BCUT2D eigenvalue weighted by molar-refractivity contribution is 6.37. The van der Waals surface area contributed by atoms with Gasteiger partial charge in [-0.2, -0.15) is 0 Å². The minimum Gasteiger partial charge on any atom is -0.475 e. The Kier molecular flexibility index (Phi) is 3.84. The Hall–Kier alpha value is -2.72. The third-order valence-corrected chi connectivity index (χ3v) is 4.04. The summed E-state index contributed by atoms with van der Waals surface area (Å²) in [5, 5.41) is 12.9. The van der Waals surface area contributed by atoms with Crippen LogP contribution in [0.3, 0.4) is 0 Å². The number of carbonyl (C=O) groups excluding carboxylic acids is 2. The number of rotatable bonds is 4. The molecule has 0 bridgehead atoms. The molecule has 0 saturated heterocycles. The van der Waals surface area contributed by atoms with E-state index in [0.29, 0.717) is 10.6 Å². The lowest BCUT2D eigenvalue weighted by molar-refractivity contribution is -0.148. The normalized spacial score (nSPS) is 10.8. The zero-order valence-corrected chi connectivity index (χ0v) is 12.6. The number of halogens is 1. The van der Waals surface area contributed by atoms with Crippen LogP contribution in [0.15, 0.2) is 48.5 Å². The van der Waals surface area contributed by atoms with Crippen molar-refractivity contribution in [2.45, 2.75) is 6.42 Å². The van der Waals surface area contributed by atoms with Crippen LogP contribution in [0.2, 0.25) is 5.02 Å². The second-order valence-electron chi connectivity index (χ2n) is 5.16. The molecule has 114 valence electrons. The Bertz CT molecular complexity index is 975. The average Bonchev–Trinajstić information content (AvgIpc) is 2.54. The Labute approximate surface area is 136 Å². The lowest BCUT2D eigenvalue weighted by Crippen LogP contribution is -2.17. The van der Waals surface area contributed by atoms with Crippen LogP contribution in [-0.2, 0) is 9.59 Å². The van der Waals surface area contributed by atoms with Crippen molar-refractivity contribution in [1.82, 2.24) is 0 Å². The van der Waals surface area contributed by atoms with Crippen molar-refractivity contribution in [3.63, 3.8) is 0 Å². The Morgan fingerprint density at radius 1 is 0.913 bits per heavy atom. The fourth-order valence-corrected chi connectivity index (χ4v) is 2.79. The van der Waals surface area contributed by atoms with Crippen LogP contribution in [0.1, 0.15) is 16.8 Å². The lowest BCUT2D eigenvalue weighted by atomic mass is 9.98. The molecule has 0 atom stereocenters. The second kappa shape index (κ2) is 5.82. The van der Waals surface area contributed by atoms with Gasteiger partial charge in [-0.3, -0.25) is 9.59 Å². The number of fused-ring (bicyclic) bond motifs is 3. The SMILES string of the molecule is O=C(O)C(=O)CC(=O)c1ccc2c(ccc3c(Cl)cccc32)c1. The predicted molar refractivity (Wildman–Crippen MR) is 88.1 cm³/mol. The third-order valence-electron chi connectivity index (χ3n) is 3.71. The molecule has 0 aliphatic heterocycles.